The molecule has 0 atom stereocenters. The third-order valence-electron chi connectivity index (χ3n) is 3.32. The van der Waals surface area contributed by atoms with Crippen LogP contribution in [-0.4, -0.2) is 22.1 Å². The van der Waals surface area contributed by atoms with E-state index in [0.717, 1.165) is 18.4 Å². The van der Waals surface area contributed by atoms with Gasteiger partial charge in [-0.15, -0.1) is 0 Å². The van der Waals surface area contributed by atoms with Crippen LogP contribution in [0.15, 0.2) is 24.3 Å². The quantitative estimate of drug-likeness (QED) is 0.463. The third kappa shape index (κ3) is 3.04. The van der Waals surface area contributed by atoms with Crippen LogP contribution in [0.4, 0.5) is 5.69 Å². The molecule has 0 N–H and O–H groups in total. The van der Waals surface area contributed by atoms with E-state index in [-0.39, 0.29) is 5.69 Å². The maximum Gasteiger partial charge on any atom is 0.354 e. The van der Waals surface area contributed by atoms with Gasteiger partial charge in [-0.05, 0) is 25.5 Å². The summed E-state index contributed by atoms with van der Waals surface area (Å²) in [7, 11) is 0. The molecule has 0 fully saturated rings. The molecule has 1 aromatic carbocycles. The molecule has 6 nitrogen and oxygen atoms in total. The number of ether oxygens (including phenoxy) is 1. The topological polar surface area (TPSA) is 74.4 Å². The first kappa shape index (κ1) is 15.0. The van der Waals surface area contributed by atoms with Gasteiger partial charge in [-0.25, -0.2) is 4.79 Å². The van der Waals surface area contributed by atoms with Gasteiger partial charge in [0.25, 0.3) is 5.69 Å². The number of hydrogen-bond donors (Lipinski definition) is 0. The summed E-state index contributed by atoms with van der Waals surface area (Å²) in [5.41, 5.74) is 1.28. The molecule has 6 heteroatoms. The lowest BCUT2D eigenvalue weighted by molar-refractivity contribution is -0.384. The molecule has 2 rings (SSSR count). The van der Waals surface area contributed by atoms with Crippen LogP contribution in [-0.2, 0) is 11.3 Å². The summed E-state index contributed by atoms with van der Waals surface area (Å²) in [6.45, 7) is 4.81. The molecule has 0 aliphatic rings. The first-order chi connectivity index (χ1) is 10.1. The number of aryl methyl sites for hydroxylation is 1. The number of unbranched alkanes of at least 4 members (excludes halogenated alkanes) is 1. The Bertz CT molecular complexity index is 676. The molecule has 1 aromatic heterocycles. The number of carbonyl (C=O) groups excluding carboxylic acids is 1. The van der Waals surface area contributed by atoms with Crippen molar-refractivity contribution >= 4 is 22.6 Å². The zero-order valence-electron chi connectivity index (χ0n) is 12.2. The van der Waals surface area contributed by atoms with E-state index in [1.165, 1.54) is 12.1 Å². The fraction of sp³-hybridized carbons (Fsp3) is 0.400. The van der Waals surface area contributed by atoms with Crippen molar-refractivity contribution < 1.29 is 14.5 Å². The minimum atomic E-state index is -0.438. The van der Waals surface area contributed by atoms with Gasteiger partial charge in [0.05, 0.1) is 11.5 Å². The van der Waals surface area contributed by atoms with Crippen LogP contribution >= 0.6 is 0 Å². The SMILES string of the molecule is CCCCn1c(C(=O)OCC)cc2cc([N+](=O)[O-])ccc21. The maximum absolute atomic E-state index is 12.0. The number of benzene rings is 1. The van der Waals surface area contributed by atoms with E-state index >= 15 is 0 Å². The van der Waals surface area contributed by atoms with Crippen molar-refractivity contribution in [2.24, 2.45) is 0 Å². The fourth-order valence-corrected chi connectivity index (χ4v) is 2.30. The second-order valence-corrected chi connectivity index (χ2v) is 4.76. The van der Waals surface area contributed by atoms with Gasteiger partial charge in [0.15, 0.2) is 0 Å². The molecule has 1 heterocycles. The Morgan fingerprint density at radius 2 is 2.10 bits per heavy atom. The normalized spacial score (nSPS) is 10.8. The van der Waals surface area contributed by atoms with Crippen LogP contribution in [0.1, 0.15) is 37.2 Å². The van der Waals surface area contributed by atoms with Gasteiger partial charge in [0.2, 0.25) is 0 Å². The van der Waals surface area contributed by atoms with E-state index in [1.807, 2.05) is 4.57 Å². The van der Waals surface area contributed by atoms with Crippen molar-refractivity contribution in [2.45, 2.75) is 33.2 Å². The predicted molar refractivity (Wildman–Crippen MR) is 79.5 cm³/mol. The smallest absolute Gasteiger partial charge is 0.354 e. The molecular weight excluding hydrogens is 272 g/mol. The van der Waals surface area contributed by atoms with Gasteiger partial charge in [0.1, 0.15) is 5.69 Å². The molecule has 0 aliphatic heterocycles. The molecule has 0 aliphatic carbocycles. The molecule has 0 amide bonds. The average molecular weight is 290 g/mol. The molecular formula is C15H18N2O4. The van der Waals surface area contributed by atoms with Crippen LogP contribution in [0.2, 0.25) is 0 Å². The number of nitro groups is 1. The highest BCUT2D eigenvalue weighted by atomic mass is 16.6. The monoisotopic (exact) mass is 290 g/mol. The van der Waals surface area contributed by atoms with Crippen LogP contribution in [0.25, 0.3) is 10.9 Å². The number of hydrogen-bond acceptors (Lipinski definition) is 4. The number of esters is 1. The Labute approximate surface area is 122 Å². The van der Waals surface area contributed by atoms with Gasteiger partial charge in [-0.1, -0.05) is 13.3 Å². The van der Waals surface area contributed by atoms with Gasteiger partial charge in [-0.3, -0.25) is 10.1 Å². The van der Waals surface area contributed by atoms with Crippen LogP contribution in [0.3, 0.4) is 0 Å². The van der Waals surface area contributed by atoms with E-state index < -0.39 is 10.9 Å². The standard InChI is InChI=1S/C15H18N2O4/c1-3-5-8-16-13-7-6-12(17(19)20)9-11(13)10-14(16)15(18)21-4-2/h6-7,9-10H,3-5,8H2,1-2H3. The number of aromatic nitrogens is 1. The largest absolute Gasteiger partial charge is 0.461 e. The molecule has 0 unspecified atom stereocenters. The second-order valence-electron chi connectivity index (χ2n) is 4.76. The van der Waals surface area contributed by atoms with Gasteiger partial charge >= 0.3 is 5.97 Å². The minimum absolute atomic E-state index is 0.0190. The maximum atomic E-state index is 12.0. The average Bonchev–Trinajstić information content (AvgIpc) is 2.83. The number of nitrogens with zero attached hydrogens (tertiary/aromatic N) is 2. The van der Waals surface area contributed by atoms with Crippen LogP contribution in [0, 0.1) is 10.1 Å². The van der Waals surface area contributed by atoms with Crippen LogP contribution < -0.4 is 0 Å². The van der Waals surface area contributed by atoms with E-state index in [4.69, 9.17) is 4.74 Å². The summed E-state index contributed by atoms with van der Waals surface area (Å²) < 4.78 is 6.94. The molecule has 0 spiro atoms. The Balaban J connectivity index is 2.54. The van der Waals surface area contributed by atoms with E-state index in [0.29, 0.717) is 24.2 Å². The summed E-state index contributed by atoms with van der Waals surface area (Å²) in [4.78, 5) is 22.5. The summed E-state index contributed by atoms with van der Waals surface area (Å²) in [6.07, 6.45) is 1.92. The molecule has 0 saturated heterocycles. The Kier molecular flexibility index (Phi) is 4.57. The Morgan fingerprint density at radius 1 is 1.33 bits per heavy atom. The number of rotatable bonds is 6. The van der Waals surface area contributed by atoms with Crippen molar-refractivity contribution in [3.8, 4) is 0 Å². The highest BCUT2D eigenvalue weighted by molar-refractivity contribution is 5.96. The Morgan fingerprint density at radius 3 is 2.71 bits per heavy atom. The van der Waals surface area contributed by atoms with Crippen LogP contribution in [0.5, 0.6) is 0 Å². The third-order valence-corrected chi connectivity index (χ3v) is 3.32. The van der Waals surface area contributed by atoms with E-state index in [2.05, 4.69) is 6.92 Å². The summed E-state index contributed by atoms with van der Waals surface area (Å²) in [6, 6.07) is 6.29. The van der Waals surface area contributed by atoms with E-state index in [9.17, 15) is 14.9 Å². The number of non-ortho nitro benzene ring substituents is 1. The molecule has 112 valence electrons. The number of nitro benzene ring substituents is 1. The van der Waals surface area contributed by atoms with Crippen molar-refractivity contribution in [3.05, 3.63) is 40.1 Å². The van der Waals surface area contributed by atoms with Gasteiger partial charge in [0, 0.05) is 29.6 Å². The van der Waals surface area contributed by atoms with Crippen molar-refractivity contribution in [1.29, 1.82) is 0 Å². The number of carbonyl (C=O) groups is 1. The van der Waals surface area contributed by atoms with Gasteiger partial charge < -0.3 is 9.30 Å². The molecule has 21 heavy (non-hydrogen) atoms. The van der Waals surface area contributed by atoms with Crippen molar-refractivity contribution in [3.63, 3.8) is 0 Å². The first-order valence-corrected chi connectivity index (χ1v) is 7.03. The summed E-state index contributed by atoms with van der Waals surface area (Å²) in [5.74, 6) is -0.396. The minimum Gasteiger partial charge on any atom is -0.461 e. The zero-order valence-corrected chi connectivity index (χ0v) is 12.2. The summed E-state index contributed by atoms with van der Waals surface area (Å²) in [5, 5.41) is 11.5. The first-order valence-electron chi connectivity index (χ1n) is 7.03. The van der Waals surface area contributed by atoms with Crippen molar-refractivity contribution in [2.75, 3.05) is 6.61 Å². The van der Waals surface area contributed by atoms with Crippen molar-refractivity contribution in [1.82, 2.24) is 4.57 Å². The lowest BCUT2D eigenvalue weighted by Crippen LogP contribution is -2.12. The molecule has 0 radical (unpaired) electrons. The highest BCUT2D eigenvalue weighted by Gasteiger charge is 2.18. The van der Waals surface area contributed by atoms with Gasteiger partial charge in [-0.2, -0.15) is 0 Å². The number of fused-ring (bicyclic) bond motifs is 1. The molecule has 0 bridgehead atoms. The molecule has 2 aromatic rings. The predicted octanol–water partition coefficient (Wildman–Crippen LogP) is 3.53. The zero-order chi connectivity index (χ0) is 15.4. The molecule has 0 saturated carbocycles. The summed E-state index contributed by atoms with van der Waals surface area (Å²) >= 11 is 0. The lowest BCUT2D eigenvalue weighted by Gasteiger charge is -2.09. The van der Waals surface area contributed by atoms with E-state index in [1.54, 1.807) is 19.1 Å². The lowest BCUT2D eigenvalue weighted by atomic mass is 10.2. The Hall–Kier alpha value is -2.37. The fourth-order valence-electron chi connectivity index (χ4n) is 2.30. The second kappa shape index (κ2) is 6.39. The highest BCUT2D eigenvalue weighted by Crippen LogP contribution is 2.25.